The van der Waals surface area contributed by atoms with Gasteiger partial charge in [0.2, 0.25) is 0 Å². The van der Waals surface area contributed by atoms with Gasteiger partial charge in [0.15, 0.2) is 5.96 Å². The molecule has 1 N–H and O–H groups in total. The lowest BCUT2D eigenvalue weighted by Gasteiger charge is -2.31. The van der Waals surface area contributed by atoms with Gasteiger partial charge in [-0.3, -0.25) is 4.99 Å². The first-order valence-corrected chi connectivity index (χ1v) is 9.40. The van der Waals surface area contributed by atoms with E-state index in [9.17, 15) is 0 Å². The van der Waals surface area contributed by atoms with Crippen LogP contribution in [0.2, 0.25) is 0 Å². The van der Waals surface area contributed by atoms with E-state index in [4.69, 9.17) is 4.74 Å². The van der Waals surface area contributed by atoms with Crippen LogP contribution >= 0.6 is 0 Å². The van der Waals surface area contributed by atoms with Gasteiger partial charge in [-0.25, -0.2) is 0 Å². The Balaban J connectivity index is 1.61. The molecule has 0 aromatic heterocycles. The van der Waals surface area contributed by atoms with Crippen molar-refractivity contribution in [2.45, 2.75) is 51.0 Å². The first-order chi connectivity index (χ1) is 11.2. The molecule has 1 aliphatic carbocycles. The molecule has 1 saturated heterocycles. The second kappa shape index (κ2) is 10.1. The van der Waals surface area contributed by atoms with E-state index in [1.54, 1.807) is 0 Å². The molecule has 1 atom stereocenters. The Morgan fingerprint density at radius 1 is 1.17 bits per heavy atom. The largest absolute Gasteiger partial charge is 0.381 e. The van der Waals surface area contributed by atoms with Crippen molar-refractivity contribution in [3.8, 4) is 0 Å². The summed E-state index contributed by atoms with van der Waals surface area (Å²) in [6, 6.07) is 0.813. The van der Waals surface area contributed by atoms with Gasteiger partial charge in [0.1, 0.15) is 0 Å². The highest BCUT2D eigenvalue weighted by Gasteiger charge is 2.19. The minimum absolute atomic E-state index is 0.649. The highest BCUT2D eigenvalue weighted by molar-refractivity contribution is 5.79. The van der Waals surface area contributed by atoms with Crippen LogP contribution in [0.3, 0.4) is 0 Å². The summed E-state index contributed by atoms with van der Waals surface area (Å²) in [5.74, 6) is 1.66. The van der Waals surface area contributed by atoms with Gasteiger partial charge in [-0.2, -0.15) is 0 Å². The minimum Gasteiger partial charge on any atom is -0.381 e. The van der Waals surface area contributed by atoms with Crippen molar-refractivity contribution in [1.29, 1.82) is 0 Å². The average molecular weight is 325 g/mol. The van der Waals surface area contributed by atoms with E-state index >= 15 is 0 Å². The summed E-state index contributed by atoms with van der Waals surface area (Å²) < 4.78 is 5.46. The van der Waals surface area contributed by atoms with Crippen LogP contribution < -0.4 is 5.32 Å². The first kappa shape index (κ1) is 18.5. The molecule has 2 aliphatic rings. The Labute approximate surface area is 142 Å². The SMILES string of the molecule is CN=C(NCCCN(C)C1CCCCC1)N(C)CC1CCOC1. The van der Waals surface area contributed by atoms with Crippen molar-refractivity contribution in [1.82, 2.24) is 15.1 Å². The molecule has 5 nitrogen and oxygen atoms in total. The zero-order valence-electron chi connectivity index (χ0n) is 15.4. The molecule has 0 bridgehead atoms. The van der Waals surface area contributed by atoms with Gasteiger partial charge < -0.3 is 19.9 Å². The smallest absolute Gasteiger partial charge is 0.193 e. The Hall–Kier alpha value is -0.810. The Bertz CT molecular complexity index is 349. The molecule has 1 aliphatic heterocycles. The van der Waals surface area contributed by atoms with Crippen molar-refractivity contribution in [3.63, 3.8) is 0 Å². The van der Waals surface area contributed by atoms with E-state index in [0.717, 1.165) is 38.3 Å². The van der Waals surface area contributed by atoms with Gasteiger partial charge in [-0.1, -0.05) is 19.3 Å². The van der Waals surface area contributed by atoms with Gasteiger partial charge in [0, 0.05) is 45.8 Å². The van der Waals surface area contributed by atoms with Crippen LogP contribution in [0.5, 0.6) is 0 Å². The molecule has 23 heavy (non-hydrogen) atoms. The number of nitrogens with one attached hydrogen (secondary N) is 1. The first-order valence-electron chi connectivity index (χ1n) is 9.40. The number of rotatable bonds is 7. The third-order valence-corrected chi connectivity index (χ3v) is 5.30. The second-order valence-corrected chi connectivity index (χ2v) is 7.21. The zero-order chi connectivity index (χ0) is 16.5. The maximum Gasteiger partial charge on any atom is 0.193 e. The molecule has 5 heteroatoms. The van der Waals surface area contributed by atoms with E-state index in [1.807, 2.05) is 7.05 Å². The Morgan fingerprint density at radius 3 is 2.61 bits per heavy atom. The van der Waals surface area contributed by atoms with Crippen LogP contribution in [0.15, 0.2) is 4.99 Å². The summed E-state index contributed by atoms with van der Waals surface area (Å²) in [6.07, 6.45) is 9.38. The van der Waals surface area contributed by atoms with Crippen molar-refractivity contribution in [2.75, 3.05) is 54.0 Å². The molecule has 2 rings (SSSR count). The topological polar surface area (TPSA) is 40.1 Å². The number of nitrogens with zero attached hydrogens (tertiary/aromatic N) is 3. The van der Waals surface area contributed by atoms with Gasteiger partial charge in [0.05, 0.1) is 6.61 Å². The van der Waals surface area contributed by atoms with Gasteiger partial charge >= 0.3 is 0 Å². The van der Waals surface area contributed by atoms with E-state index < -0.39 is 0 Å². The number of aliphatic imine (C=N–C) groups is 1. The highest BCUT2D eigenvalue weighted by Crippen LogP contribution is 2.21. The number of hydrogen-bond donors (Lipinski definition) is 1. The van der Waals surface area contributed by atoms with Crippen molar-refractivity contribution < 1.29 is 4.74 Å². The lowest BCUT2D eigenvalue weighted by Crippen LogP contribution is -2.42. The number of guanidine groups is 1. The van der Waals surface area contributed by atoms with Gasteiger partial charge in [-0.05, 0) is 39.3 Å². The van der Waals surface area contributed by atoms with Crippen molar-refractivity contribution in [3.05, 3.63) is 0 Å². The molecule has 0 amide bonds. The summed E-state index contributed by atoms with van der Waals surface area (Å²) >= 11 is 0. The van der Waals surface area contributed by atoms with Crippen LogP contribution in [-0.4, -0.2) is 75.8 Å². The van der Waals surface area contributed by atoms with E-state index in [0.29, 0.717) is 5.92 Å². The third kappa shape index (κ3) is 6.30. The fourth-order valence-electron chi connectivity index (χ4n) is 3.82. The van der Waals surface area contributed by atoms with Crippen LogP contribution in [0.1, 0.15) is 44.9 Å². The summed E-state index contributed by atoms with van der Waals surface area (Å²) in [5.41, 5.74) is 0. The summed E-state index contributed by atoms with van der Waals surface area (Å²) in [7, 11) is 6.29. The average Bonchev–Trinajstić information content (AvgIpc) is 3.08. The fourth-order valence-corrected chi connectivity index (χ4v) is 3.82. The van der Waals surface area contributed by atoms with Crippen LogP contribution in [0.25, 0.3) is 0 Å². The molecule has 0 aromatic carbocycles. The molecular formula is C18H36N4O. The fraction of sp³-hybridized carbons (Fsp3) is 0.944. The highest BCUT2D eigenvalue weighted by atomic mass is 16.5. The van der Waals surface area contributed by atoms with Crippen LogP contribution in [-0.2, 0) is 4.74 Å². The van der Waals surface area contributed by atoms with Crippen molar-refractivity contribution in [2.24, 2.45) is 10.9 Å². The lowest BCUT2D eigenvalue weighted by molar-refractivity contribution is 0.181. The summed E-state index contributed by atoms with van der Waals surface area (Å²) in [4.78, 5) is 9.21. The Kier molecular flexibility index (Phi) is 8.17. The molecule has 134 valence electrons. The van der Waals surface area contributed by atoms with Crippen molar-refractivity contribution >= 4 is 5.96 Å². The Morgan fingerprint density at radius 2 is 1.96 bits per heavy atom. The normalized spacial score (nSPS) is 23.5. The molecule has 1 unspecified atom stereocenters. The number of hydrogen-bond acceptors (Lipinski definition) is 3. The third-order valence-electron chi connectivity index (χ3n) is 5.30. The summed E-state index contributed by atoms with van der Waals surface area (Å²) in [5, 5.41) is 3.51. The van der Waals surface area contributed by atoms with Crippen LogP contribution in [0, 0.1) is 5.92 Å². The molecule has 2 fully saturated rings. The number of ether oxygens (including phenoxy) is 1. The lowest BCUT2D eigenvalue weighted by atomic mass is 9.94. The molecule has 0 aromatic rings. The zero-order valence-corrected chi connectivity index (χ0v) is 15.4. The monoisotopic (exact) mass is 324 g/mol. The maximum atomic E-state index is 5.46. The van der Waals surface area contributed by atoms with E-state index in [-0.39, 0.29) is 0 Å². The van der Waals surface area contributed by atoms with Gasteiger partial charge in [0.25, 0.3) is 0 Å². The molecule has 0 spiro atoms. The van der Waals surface area contributed by atoms with E-state index in [2.05, 4.69) is 34.2 Å². The second-order valence-electron chi connectivity index (χ2n) is 7.21. The maximum absolute atomic E-state index is 5.46. The molecular weight excluding hydrogens is 288 g/mol. The minimum atomic E-state index is 0.649. The van der Waals surface area contributed by atoms with E-state index in [1.165, 1.54) is 51.5 Å². The predicted molar refractivity (Wildman–Crippen MR) is 97.0 cm³/mol. The predicted octanol–water partition coefficient (Wildman–Crippen LogP) is 2.18. The van der Waals surface area contributed by atoms with Crippen LogP contribution in [0.4, 0.5) is 0 Å². The molecule has 1 saturated carbocycles. The molecule has 0 radical (unpaired) electrons. The summed E-state index contributed by atoms with van der Waals surface area (Å²) in [6.45, 7) is 5.01. The van der Waals surface area contributed by atoms with Gasteiger partial charge in [-0.15, -0.1) is 0 Å². The standard InChI is InChI=1S/C18H36N4O/c1-19-18(22(3)14-16-10-13-23-15-16)20-11-7-12-21(2)17-8-5-4-6-9-17/h16-17H,4-15H2,1-3H3,(H,19,20). The quantitative estimate of drug-likeness (QED) is 0.443. The molecule has 1 heterocycles.